The van der Waals surface area contributed by atoms with Gasteiger partial charge in [-0.05, 0) is 19.1 Å². The van der Waals surface area contributed by atoms with Gasteiger partial charge >= 0.3 is 6.09 Å². The number of anilines is 1. The Hall–Kier alpha value is -3.13. The molecule has 0 spiro atoms. The second-order valence-electron chi connectivity index (χ2n) is 7.23. The molecular formula is C21H23ClN4O4. The largest absolute Gasteiger partial charge is 0.496 e. The molecule has 3 aromatic rings. The van der Waals surface area contributed by atoms with Crippen LogP contribution in [0.5, 0.6) is 11.5 Å². The number of aromatic nitrogens is 2. The molecule has 1 N–H and O–H groups in total. The Balaban J connectivity index is 1.66. The second kappa shape index (κ2) is 7.95. The minimum absolute atomic E-state index is 0.0755. The topological polar surface area (TPSA) is 79.5 Å². The lowest BCUT2D eigenvalue weighted by Crippen LogP contribution is -2.53. The van der Waals surface area contributed by atoms with Gasteiger partial charge in [-0.2, -0.15) is 0 Å². The molecule has 3 heterocycles. The standard InChI is InChI=1S/C21H23ClN4O4/c1-13-11-24(6-7-26(13)21(27)28)14-4-5-25-12-17(23-20(25)8-14)15-9-16(22)19(30-3)10-18(15)29-2/h4-5,8-10,12-13H,6-7,11H2,1-3H3,(H,27,28). The first kappa shape index (κ1) is 20.2. The summed E-state index contributed by atoms with van der Waals surface area (Å²) in [6.07, 6.45) is 3.00. The molecule has 4 rings (SSSR count). The Morgan fingerprint density at radius 3 is 2.63 bits per heavy atom. The number of pyridine rings is 1. The maximum atomic E-state index is 11.3. The third-order valence-corrected chi connectivity index (χ3v) is 5.73. The van der Waals surface area contributed by atoms with Crippen LogP contribution in [0.2, 0.25) is 5.02 Å². The van der Waals surface area contributed by atoms with Gasteiger partial charge in [0.1, 0.15) is 17.1 Å². The van der Waals surface area contributed by atoms with Gasteiger partial charge in [-0.15, -0.1) is 0 Å². The molecule has 158 valence electrons. The Labute approximate surface area is 179 Å². The van der Waals surface area contributed by atoms with E-state index in [1.807, 2.05) is 35.9 Å². The molecule has 1 unspecified atom stereocenters. The van der Waals surface area contributed by atoms with E-state index in [4.69, 9.17) is 26.1 Å². The van der Waals surface area contributed by atoms with E-state index in [2.05, 4.69) is 4.90 Å². The van der Waals surface area contributed by atoms with Gasteiger partial charge in [0.05, 0.1) is 24.9 Å². The van der Waals surface area contributed by atoms with Gasteiger partial charge < -0.3 is 28.8 Å². The van der Waals surface area contributed by atoms with Gasteiger partial charge in [-0.3, -0.25) is 0 Å². The molecular weight excluding hydrogens is 408 g/mol. The molecule has 1 amide bonds. The summed E-state index contributed by atoms with van der Waals surface area (Å²) >= 11 is 6.31. The molecule has 0 bridgehead atoms. The fourth-order valence-electron chi connectivity index (χ4n) is 3.83. The van der Waals surface area contributed by atoms with Crippen molar-refractivity contribution in [3.8, 4) is 22.8 Å². The first-order valence-electron chi connectivity index (χ1n) is 9.56. The Kier molecular flexibility index (Phi) is 5.34. The molecule has 8 nitrogen and oxygen atoms in total. The zero-order valence-corrected chi connectivity index (χ0v) is 17.8. The number of rotatable bonds is 4. The molecule has 1 fully saturated rings. The van der Waals surface area contributed by atoms with Crippen molar-refractivity contribution >= 4 is 29.0 Å². The van der Waals surface area contributed by atoms with Crippen molar-refractivity contribution in [1.82, 2.24) is 14.3 Å². The van der Waals surface area contributed by atoms with Crippen LogP contribution in [0, 0.1) is 0 Å². The van der Waals surface area contributed by atoms with Crippen molar-refractivity contribution < 1.29 is 19.4 Å². The Morgan fingerprint density at radius 2 is 1.97 bits per heavy atom. The summed E-state index contributed by atoms with van der Waals surface area (Å²) in [4.78, 5) is 19.7. The molecule has 30 heavy (non-hydrogen) atoms. The lowest BCUT2D eigenvalue weighted by molar-refractivity contribution is 0.122. The normalized spacial score (nSPS) is 16.7. The van der Waals surface area contributed by atoms with Crippen LogP contribution in [0.15, 0.2) is 36.7 Å². The van der Waals surface area contributed by atoms with E-state index in [0.29, 0.717) is 36.2 Å². The number of nitrogens with zero attached hydrogens (tertiary/aromatic N) is 4. The third-order valence-electron chi connectivity index (χ3n) is 5.43. The summed E-state index contributed by atoms with van der Waals surface area (Å²) in [5.41, 5.74) is 3.30. The van der Waals surface area contributed by atoms with Gasteiger partial charge in [0.15, 0.2) is 0 Å². The molecule has 1 aliphatic heterocycles. The molecule has 0 radical (unpaired) electrons. The fraction of sp³-hybridized carbons (Fsp3) is 0.333. The number of imidazole rings is 1. The van der Waals surface area contributed by atoms with Crippen molar-refractivity contribution in [2.45, 2.75) is 13.0 Å². The van der Waals surface area contributed by atoms with E-state index >= 15 is 0 Å². The van der Waals surface area contributed by atoms with Crippen LogP contribution in [0.4, 0.5) is 10.5 Å². The van der Waals surface area contributed by atoms with E-state index < -0.39 is 6.09 Å². The van der Waals surface area contributed by atoms with Gasteiger partial charge in [0, 0.05) is 61.5 Å². The van der Waals surface area contributed by atoms with Crippen molar-refractivity contribution in [1.29, 1.82) is 0 Å². The highest BCUT2D eigenvalue weighted by Crippen LogP contribution is 2.38. The lowest BCUT2D eigenvalue weighted by atomic mass is 10.1. The molecule has 1 aromatic carbocycles. The maximum Gasteiger partial charge on any atom is 0.407 e. The summed E-state index contributed by atoms with van der Waals surface area (Å²) in [6, 6.07) is 7.48. The van der Waals surface area contributed by atoms with Crippen LogP contribution < -0.4 is 14.4 Å². The maximum absolute atomic E-state index is 11.3. The van der Waals surface area contributed by atoms with Crippen LogP contribution in [0.1, 0.15) is 6.92 Å². The number of carboxylic acid groups (broad SMARTS) is 1. The van der Waals surface area contributed by atoms with E-state index in [9.17, 15) is 9.90 Å². The first-order valence-corrected chi connectivity index (χ1v) is 9.94. The number of amides is 1. The Bertz CT molecular complexity index is 1100. The number of hydrogen-bond acceptors (Lipinski definition) is 5. The first-order chi connectivity index (χ1) is 14.4. The zero-order valence-electron chi connectivity index (χ0n) is 17.0. The molecule has 0 saturated carbocycles. The number of hydrogen-bond donors (Lipinski definition) is 1. The van der Waals surface area contributed by atoms with Gasteiger partial charge in [0.2, 0.25) is 0 Å². The number of benzene rings is 1. The van der Waals surface area contributed by atoms with Crippen LogP contribution in [0.3, 0.4) is 0 Å². The fourth-order valence-corrected chi connectivity index (χ4v) is 4.07. The minimum atomic E-state index is -0.873. The van der Waals surface area contributed by atoms with E-state index in [1.54, 1.807) is 26.4 Å². The predicted molar refractivity (Wildman–Crippen MR) is 115 cm³/mol. The summed E-state index contributed by atoms with van der Waals surface area (Å²) in [7, 11) is 3.15. The quantitative estimate of drug-likeness (QED) is 0.677. The van der Waals surface area contributed by atoms with E-state index in [0.717, 1.165) is 22.6 Å². The highest BCUT2D eigenvalue weighted by atomic mass is 35.5. The lowest BCUT2D eigenvalue weighted by Gasteiger charge is -2.39. The molecule has 9 heteroatoms. The summed E-state index contributed by atoms with van der Waals surface area (Å²) < 4.78 is 12.7. The van der Waals surface area contributed by atoms with Crippen LogP contribution in [0.25, 0.3) is 16.9 Å². The van der Waals surface area contributed by atoms with Crippen LogP contribution in [-0.4, -0.2) is 65.4 Å². The number of ether oxygens (including phenoxy) is 2. The summed E-state index contributed by atoms with van der Waals surface area (Å²) in [5, 5.41) is 9.76. The highest BCUT2D eigenvalue weighted by Gasteiger charge is 2.27. The number of piperazine rings is 1. The number of halogens is 1. The van der Waals surface area contributed by atoms with E-state index in [1.165, 1.54) is 4.90 Å². The predicted octanol–water partition coefficient (Wildman–Crippen LogP) is 3.86. The summed E-state index contributed by atoms with van der Waals surface area (Å²) in [6.45, 7) is 3.68. The average molecular weight is 431 g/mol. The third kappa shape index (κ3) is 3.59. The Morgan fingerprint density at radius 1 is 1.20 bits per heavy atom. The number of fused-ring (bicyclic) bond motifs is 1. The molecule has 0 aliphatic carbocycles. The number of carbonyl (C=O) groups is 1. The molecule has 1 saturated heterocycles. The van der Waals surface area contributed by atoms with Gasteiger partial charge in [0.25, 0.3) is 0 Å². The average Bonchev–Trinajstić information content (AvgIpc) is 3.16. The minimum Gasteiger partial charge on any atom is -0.496 e. The van der Waals surface area contributed by atoms with Gasteiger partial charge in [-0.1, -0.05) is 11.6 Å². The van der Waals surface area contributed by atoms with E-state index in [-0.39, 0.29) is 6.04 Å². The van der Waals surface area contributed by atoms with Gasteiger partial charge in [-0.25, -0.2) is 9.78 Å². The molecule has 1 atom stereocenters. The van der Waals surface area contributed by atoms with Crippen molar-refractivity contribution in [3.05, 3.63) is 41.7 Å². The molecule has 1 aliphatic rings. The smallest absolute Gasteiger partial charge is 0.407 e. The van der Waals surface area contributed by atoms with Crippen molar-refractivity contribution in [2.24, 2.45) is 0 Å². The number of methoxy groups -OCH3 is 2. The van der Waals surface area contributed by atoms with Crippen LogP contribution >= 0.6 is 11.6 Å². The second-order valence-corrected chi connectivity index (χ2v) is 7.64. The monoisotopic (exact) mass is 430 g/mol. The van der Waals surface area contributed by atoms with Crippen molar-refractivity contribution in [3.63, 3.8) is 0 Å². The molecule has 2 aromatic heterocycles. The summed E-state index contributed by atoms with van der Waals surface area (Å²) in [5.74, 6) is 1.16. The highest BCUT2D eigenvalue weighted by molar-refractivity contribution is 6.32. The van der Waals surface area contributed by atoms with Crippen molar-refractivity contribution in [2.75, 3.05) is 38.8 Å². The van der Waals surface area contributed by atoms with Crippen LogP contribution in [-0.2, 0) is 0 Å². The SMILES string of the molecule is COc1cc(OC)c(-c2cn3ccc(N4CCN(C(=O)O)C(C)C4)cc3n2)cc1Cl. The zero-order chi connectivity index (χ0) is 21.4.